The van der Waals surface area contributed by atoms with E-state index < -0.39 is 6.10 Å². The Labute approximate surface area is 259 Å². The van der Waals surface area contributed by atoms with E-state index in [1.165, 1.54) is 0 Å². The van der Waals surface area contributed by atoms with Gasteiger partial charge in [0, 0.05) is 17.0 Å². The molecule has 4 bridgehead atoms. The molecule has 0 saturated heterocycles. The Hall–Kier alpha value is -2.11. The van der Waals surface area contributed by atoms with Gasteiger partial charge in [0.2, 0.25) is 0 Å². The Kier molecular flexibility index (Phi) is 14.1. The third-order valence-electron chi connectivity index (χ3n) is 9.44. The zero-order valence-electron chi connectivity index (χ0n) is 26.1. The molecule has 0 saturated carbocycles. The molecule has 0 radical (unpaired) electrons. The zero-order chi connectivity index (χ0) is 30.6. The highest BCUT2D eigenvalue weighted by Gasteiger charge is 2.25. The largest absolute Gasteiger partial charge is 0.508 e. The van der Waals surface area contributed by atoms with Gasteiger partial charge in [-0.1, -0.05) is 72.1 Å². The number of alkyl halides is 1. The highest BCUT2D eigenvalue weighted by molar-refractivity contribution is 6.17. The first-order chi connectivity index (χ1) is 20.2. The highest BCUT2D eigenvalue weighted by atomic mass is 35.5. The number of phenols is 4. The number of aliphatic hydroxyl groups excluding tert-OH is 1. The van der Waals surface area contributed by atoms with Gasteiger partial charge in [0.15, 0.2) is 0 Å². The lowest BCUT2D eigenvalue weighted by molar-refractivity contribution is 0.110. The number of rotatable bonds is 7. The summed E-state index contributed by atoms with van der Waals surface area (Å²) in [6, 6.07) is 7.01. The molecule has 0 amide bonds. The second kappa shape index (κ2) is 17.3. The number of unbranched alkanes of at least 4 members (excludes halogenated alkanes) is 2. The molecule has 5 unspecified atom stereocenters. The van der Waals surface area contributed by atoms with Crippen LogP contribution in [-0.4, -0.2) is 31.4 Å². The van der Waals surface area contributed by atoms with E-state index in [0.717, 1.165) is 102 Å². The molecular formula is C36H55ClO5. The number of aromatic hydroxyl groups is 4. The number of halogens is 1. The van der Waals surface area contributed by atoms with E-state index in [-0.39, 0.29) is 40.8 Å². The monoisotopic (exact) mass is 602 g/mol. The van der Waals surface area contributed by atoms with Crippen LogP contribution in [-0.2, 0) is 6.42 Å². The second-order valence-electron chi connectivity index (χ2n) is 13.0. The van der Waals surface area contributed by atoms with Crippen LogP contribution in [0.15, 0.2) is 24.3 Å². The van der Waals surface area contributed by atoms with Gasteiger partial charge < -0.3 is 25.5 Å². The predicted molar refractivity (Wildman–Crippen MR) is 173 cm³/mol. The fraction of sp³-hybridized carbons (Fsp3) is 0.667. The van der Waals surface area contributed by atoms with Gasteiger partial charge in [-0.2, -0.15) is 0 Å². The topological polar surface area (TPSA) is 101 Å². The van der Waals surface area contributed by atoms with Gasteiger partial charge in [-0.25, -0.2) is 0 Å². The van der Waals surface area contributed by atoms with Crippen LogP contribution >= 0.6 is 11.6 Å². The van der Waals surface area contributed by atoms with E-state index in [1.807, 2.05) is 19.1 Å². The lowest BCUT2D eigenvalue weighted by Crippen LogP contribution is -2.11. The van der Waals surface area contributed by atoms with Crippen molar-refractivity contribution in [2.45, 2.75) is 135 Å². The summed E-state index contributed by atoms with van der Waals surface area (Å²) in [6.07, 6.45) is 13.0. The van der Waals surface area contributed by atoms with Crippen LogP contribution in [0.3, 0.4) is 0 Å². The van der Waals surface area contributed by atoms with E-state index in [9.17, 15) is 25.5 Å². The van der Waals surface area contributed by atoms with E-state index in [2.05, 4.69) is 13.8 Å². The Balaban J connectivity index is 1.88. The first kappa shape index (κ1) is 34.4. The summed E-state index contributed by atoms with van der Waals surface area (Å²) in [7, 11) is 0. The molecule has 0 heterocycles. The van der Waals surface area contributed by atoms with Crippen molar-refractivity contribution in [3.8, 4) is 23.0 Å². The van der Waals surface area contributed by atoms with Crippen LogP contribution in [0.25, 0.3) is 0 Å². The Bertz CT molecular complexity index is 1060. The molecule has 6 heteroatoms. The smallest absolute Gasteiger partial charge is 0.123 e. The molecule has 236 valence electrons. The van der Waals surface area contributed by atoms with Gasteiger partial charge in [-0.15, -0.1) is 11.6 Å². The van der Waals surface area contributed by atoms with Crippen molar-refractivity contribution in [3.63, 3.8) is 0 Å². The maximum Gasteiger partial charge on any atom is 0.123 e. The first-order valence-electron chi connectivity index (χ1n) is 16.5. The predicted octanol–water partition coefficient (Wildman–Crippen LogP) is 9.96. The summed E-state index contributed by atoms with van der Waals surface area (Å²) >= 11 is 5.95. The van der Waals surface area contributed by atoms with Crippen LogP contribution in [0.2, 0.25) is 0 Å². The fourth-order valence-electron chi connectivity index (χ4n) is 6.98. The summed E-state index contributed by atoms with van der Waals surface area (Å²) in [5.74, 6) is 1.63. The van der Waals surface area contributed by atoms with Crippen molar-refractivity contribution in [2.24, 2.45) is 11.8 Å². The number of aliphatic hydroxyl groups is 1. The summed E-state index contributed by atoms with van der Waals surface area (Å²) in [4.78, 5) is 0. The fourth-order valence-corrected chi connectivity index (χ4v) is 7.17. The van der Waals surface area contributed by atoms with Gasteiger partial charge >= 0.3 is 0 Å². The average Bonchev–Trinajstić information content (AvgIpc) is 2.93. The maximum absolute atomic E-state index is 11.1. The molecule has 0 aliphatic heterocycles. The number of benzene rings is 2. The lowest BCUT2D eigenvalue weighted by Gasteiger charge is -2.24. The standard InChI is InChI=1S/C36H55ClO5/c1-4-5-14-27-15-8-6-12-24(2)19-26-20-30(38)34(31(39)21-26)28(17-10-11-18-37)16-9-7-13-25(3)36(42)29-22-32(40)35(27)33(41)23-29/h20-25,27-28,36,38-42H,4-19H2,1-3H3. The van der Waals surface area contributed by atoms with E-state index in [0.29, 0.717) is 28.5 Å². The van der Waals surface area contributed by atoms with Crippen LogP contribution in [0.5, 0.6) is 23.0 Å². The van der Waals surface area contributed by atoms with E-state index in [1.54, 1.807) is 12.1 Å². The molecule has 0 aromatic heterocycles. The highest BCUT2D eigenvalue weighted by Crippen LogP contribution is 2.44. The molecule has 5 atom stereocenters. The molecule has 5 N–H and O–H groups in total. The SMILES string of the molecule is CCCCC1CCCCC(C)Cc2cc(O)c(c(O)c2)C(CCCCCl)CCCCC(C)C(O)c2cc(O)c1c(O)c2. The minimum absolute atomic E-state index is 0.0415. The summed E-state index contributed by atoms with van der Waals surface area (Å²) in [5.41, 5.74) is 2.79. The van der Waals surface area contributed by atoms with Crippen molar-refractivity contribution in [3.05, 3.63) is 46.5 Å². The van der Waals surface area contributed by atoms with Gasteiger partial charge in [0.05, 0.1) is 6.10 Å². The third kappa shape index (κ3) is 9.71. The Morgan fingerprint density at radius 2 is 1.19 bits per heavy atom. The van der Waals surface area contributed by atoms with Crippen molar-refractivity contribution in [2.75, 3.05) is 5.88 Å². The van der Waals surface area contributed by atoms with Gasteiger partial charge in [-0.05, 0) is 104 Å². The third-order valence-corrected chi connectivity index (χ3v) is 9.71. The van der Waals surface area contributed by atoms with Crippen LogP contribution < -0.4 is 0 Å². The molecule has 2 aromatic rings. The van der Waals surface area contributed by atoms with Crippen LogP contribution in [0.1, 0.15) is 151 Å². The lowest BCUT2D eigenvalue weighted by atomic mass is 9.83. The molecule has 42 heavy (non-hydrogen) atoms. The molecule has 6 rings (SSSR count). The molecule has 0 spiro atoms. The molecule has 2 aromatic carbocycles. The van der Waals surface area contributed by atoms with E-state index >= 15 is 0 Å². The molecule has 4 aliphatic carbocycles. The first-order valence-corrected chi connectivity index (χ1v) is 17.0. The van der Waals surface area contributed by atoms with Crippen LogP contribution in [0.4, 0.5) is 0 Å². The number of hydrogen-bond acceptors (Lipinski definition) is 5. The van der Waals surface area contributed by atoms with Crippen molar-refractivity contribution in [1.29, 1.82) is 0 Å². The zero-order valence-corrected chi connectivity index (χ0v) is 26.9. The van der Waals surface area contributed by atoms with Gasteiger partial charge in [0.1, 0.15) is 23.0 Å². The molecule has 5 nitrogen and oxygen atoms in total. The minimum atomic E-state index is -0.788. The molecule has 0 fully saturated rings. The minimum Gasteiger partial charge on any atom is -0.508 e. The van der Waals surface area contributed by atoms with Crippen molar-refractivity contribution < 1.29 is 25.5 Å². The van der Waals surface area contributed by atoms with E-state index in [4.69, 9.17) is 11.6 Å². The summed E-state index contributed by atoms with van der Waals surface area (Å²) in [6.45, 7) is 6.37. The second-order valence-corrected chi connectivity index (χ2v) is 13.4. The molecule has 4 aliphatic rings. The quantitative estimate of drug-likeness (QED) is 0.160. The summed E-state index contributed by atoms with van der Waals surface area (Å²) in [5, 5.41) is 55.4. The summed E-state index contributed by atoms with van der Waals surface area (Å²) < 4.78 is 0. The average molecular weight is 603 g/mol. The molecular weight excluding hydrogens is 548 g/mol. The van der Waals surface area contributed by atoms with Crippen molar-refractivity contribution in [1.82, 2.24) is 0 Å². The number of phenolic OH excluding ortho intramolecular Hbond substituents is 4. The normalized spacial score (nSPS) is 24.7. The van der Waals surface area contributed by atoms with Crippen molar-refractivity contribution >= 4 is 11.6 Å². The Morgan fingerprint density at radius 1 is 0.690 bits per heavy atom. The maximum atomic E-state index is 11.1. The van der Waals surface area contributed by atoms with Gasteiger partial charge in [0.25, 0.3) is 0 Å². The number of hydrogen-bond donors (Lipinski definition) is 5. The Morgan fingerprint density at radius 3 is 1.74 bits per heavy atom. The van der Waals surface area contributed by atoms with Gasteiger partial charge in [-0.3, -0.25) is 0 Å². The van der Waals surface area contributed by atoms with Crippen LogP contribution in [0, 0.1) is 11.8 Å².